The van der Waals surface area contributed by atoms with Crippen molar-refractivity contribution in [2.75, 3.05) is 29.6 Å². The van der Waals surface area contributed by atoms with Crippen molar-refractivity contribution in [3.63, 3.8) is 0 Å². The van der Waals surface area contributed by atoms with E-state index in [1.807, 2.05) is 24.3 Å². The van der Waals surface area contributed by atoms with Gasteiger partial charge in [-0.15, -0.1) is 11.8 Å². The average molecular weight is 359 g/mol. The van der Waals surface area contributed by atoms with Gasteiger partial charge >= 0.3 is 0 Å². The third kappa shape index (κ3) is 4.51. The molecule has 0 radical (unpaired) electrons. The zero-order valence-corrected chi connectivity index (χ0v) is 15.3. The molecule has 6 nitrogen and oxygen atoms in total. The normalized spacial score (nSPS) is 10.4. The summed E-state index contributed by atoms with van der Waals surface area (Å²) < 4.78 is 0. The fourth-order valence-electron chi connectivity index (χ4n) is 2.52. The highest BCUT2D eigenvalue weighted by Crippen LogP contribution is 2.28. The first-order valence-electron chi connectivity index (χ1n) is 7.98. The number of carbonyl (C=O) groups is 1. The molecule has 2 aromatic rings. The second kappa shape index (κ2) is 8.53. The van der Waals surface area contributed by atoms with Crippen LogP contribution in [0, 0.1) is 10.1 Å². The summed E-state index contributed by atoms with van der Waals surface area (Å²) in [5.74, 6) is -0.369. The SMILES string of the molecule is CCN(CC)c1ccc(NC(=O)c2ccc(SC)c([N+](=O)[O-])c2)cc1. The first-order valence-corrected chi connectivity index (χ1v) is 9.21. The van der Waals surface area contributed by atoms with E-state index in [4.69, 9.17) is 0 Å². The second-order valence-electron chi connectivity index (χ2n) is 5.32. The van der Waals surface area contributed by atoms with E-state index in [0.717, 1.165) is 18.8 Å². The van der Waals surface area contributed by atoms with Crippen LogP contribution in [0.4, 0.5) is 17.1 Å². The lowest BCUT2D eigenvalue weighted by atomic mass is 10.1. The molecule has 25 heavy (non-hydrogen) atoms. The lowest BCUT2D eigenvalue weighted by Gasteiger charge is -2.21. The fourth-order valence-corrected chi connectivity index (χ4v) is 3.07. The first-order chi connectivity index (χ1) is 12.0. The molecule has 2 aromatic carbocycles. The van der Waals surface area contributed by atoms with Gasteiger partial charge in [-0.05, 0) is 56.5 Å². The molecule has 1 amide bonds. The van der Waals surface area contributed by atoms with Crippen molar-refractivity contribution < 1.29 is 9.72 Å². The minimum absolute atomic E-state index is 0.0583. The largest absolute Gasteiger partial charge is 0.372 e. The van der Waals surface area contributed by atoms with Gasteiger partial charge in [0.25, 0.3) is 11.6 Å². The minimum atomic E-state index is -0.471. The number of rotatable bonds is 7. The molecule has 0 aliphatic rings. The summed E-state index contributed by atoms with van der Waals surface area (Å²) in [6.07, 6.45) is 1.76. The molecule has 1 N–H and O–H groups in total. The molecule has 0 aromatic heterocycles. The van der Waals surface area contributed by atoms with E-state index in [0.29, 0.717) is 10.6 Å². The summed E-state index contributed by atoms with van der Waals surface area (Å²) in [5.41, 5.74) is 1.94. The second-order valence-corrected chi connectivity index (χ2v) is 6.17. The van der Waals surface area contributed by atoms with Gasteiger partial charge in [-0.2, -0.15) is 0 Å². The molecular formula is C18H21N3O3S. The summed E-state index contributed by atoms with van der Waals surface area (Å²) >= 11 is 1.28. The fraction of sp³-hybridized carbons (Fsp3) is 0.278. The van der Waals surface area contributed by atoms with Crippen LogP contribution in [0.1, 0.15) is 24.2 Å². The molecule has 0 unspecified atom stereocenters. The number of amides is 1. The number of carbonyl (C=O) groups excluding carboxylic acids is 1. The zero-order chi connectivity index (χ0) is 18.4. The Balaban J connectivity index is 2.17. The molecule has 0 heterocycles. The zero-order valence-electron chi connectivity index (χ0n) is 14.5. The van der Waals surface area contributed by atoms with Gasteiger partial charge in [0, 0.05) is 36.1 Å². The Labute approximate surface area is 151 Å². The number of benzene rings is 2. The van der Waals surface area contributed by atoms with Crippen molar-refractivity contribution in [1.82, 2.24) is 0 Å². The number of nitrogens with zero attached hydrogens (tertiary/aromatic N) is 2. The van der Waals surface area contributed by atoms with E-state index >= 15 is 0 Å². The lowest BCUT2D eigenvalue weighted by Crippen LogP contribution is -2.21. The Bertz CT molecular complexity index is 759. The van der Waals surface area contributed by atoms with Gasteiger partial charge in [0.05, 0.1) is 9.82 Å². The third-order valence-corrected chi connectivity index (χ3v) is 4.68. The minimum Gasteiger partial charge on any atom is -0.372 e. The Kier molecular flexibility index (Phi) is 6.41. The lowest BCUT2D eigenvalue weighted by molar-refractivity contribution is -0.387. The van der Waals surface area contributed by atoms with Gasteiger partial charge in [0.2, 0.25) is 0 Å². The number of nitrogens with one attached hydrogen (secondary N) is 1. The number of nitro groups is 1. The van der Waals surface area contributed by atoms with Crippen molar-refractivity contribution >= 4 is 34.7 Å². The molecule has 0 saturated carbocycles. The molecule has 0 fully saturated rings. The van der Waals surface area contributed by atoms with E-state index < -0.39 is 4.92 Å². The van der Waals surface area contributed by atoms with Gasteiger partial charge < -0.3 is 10.2 Å². The van der Waals surface area contributed by atoms with Crippen LogP contribution in [0.15, 0.2) is 47.4 Å². The van der Waals surface area contributed by atoms with Crippen LogP contribution in [0.2, 0.25) is 0 Å². The molecule has 0 aliphatic heterocycles. The number of nitro benzene ring substituents is 1. The highest BCUT2D eigenvalue weighted by Gasteiger charge is 2.17. The van der Waals surface area contributed by atoms with Gasteiger partial charge in [-0.3, -0.25) is 14.9 Å². The number of hydrogen-bond acceptors (Lipinski definition) is 5. The molecule has 0 aliphatic carbocycles. The number of hydrogen-bond donors (Lipinski definition) is 1. The van der Waals surface area contributed by atoms with Crippen LogP contribution in [0.3, 0.4) is 0 Å². The highest BCUT2D eigenvalue weighted by molar-refractivity contribution is 7.98. The van der Waals surface area contributed by atoms with Crippen LogP contribution >= 0.6 is 11.8 Å². The van der Waals surface area contributed by atoms with E-state index in [-0.39, 0.29) is 17.2 Å². The van der Waals surface area contributed by atoms with Crippen molar-refractivity contribution in [2.45, 2.75) is 18.7 Å². The summed E-state index contributed by atoms with van der Waals surface area (Å²) in [5, 5.41) is 13.9. The van der Waals surface area contributed by atoms with E-state index in [2.05, 4.69) is 24.1 Å². The summed E-state index contributed by atoms with van der Waals surface area (Å²) in [4.78, 5) is 25.8. The third-order valence-electron chi connectivity index (χ3n) is 3.89. The van der Waals surface area contributed by atoms with E-state index in [9.17, 15) is 14.9 Å². The summed E-state index contributed by atoms with van der Waals surface area (Å²) in [6, 6.07) is 12.1. The highest BCUT2D eigenvalue weighted by atomic mass is 32.2. The van der Waals surface area contributed by atoms with Gasteiger partial charge in [-0.25, -0.2) is 0 Å². The standard InChI is InChI=1S/C18H21N3O3S/c1-4-20(5-2)15-9-7-14(8-10-15)19-18(22)13-6-11-17(25-3)16(12-13)21(23)24/h6-12H,4-5H2,1-3H3,(H,19,22). The van der Waals surface area contributed by atoms with Gasteiger partial charge in [-0.1, -0.05) is 0 Å². The van der Waals surface area contributed by atoms with Crippen LogP contribution in [0.25, 0.3) is 0 Å². The molecule has 0 spiro atoms. The Morgan fingerprint density at radius 3 is 2.32 bits per heavy atom. The van der Waals surface area contributed by atoms with Crippen LogP contribution in [0.5, 0.6) is 0 Å². The predicted octanol–water partition coefficient (Wildman–Crippen LogP) is 4.42. The molecule has 2 rings (SSSR count). The van der Waals surface area contributed by atoms with Crippen LogP contribution in [-0.4, -0.2) is 30.2 Å². The van der Waals surface area contributed by atoms with Crippen molar-refractivity contribution in [1.29, 1.82) is 0 Å². The van der Waals surface area contributed by atoms with Gasteiger partial charge in [0.15, 0.2) is 0 Å². The molecular weight excluding hydrogens is 338 g/mol. The van der Waals surface area contributed by atoms with Crippen LogP contribution < -0.4 is 10.2 Å². The topological polar surface area (TPSA) is 75.5 Å². The number of anilines is 2. The molecule has 0 saturated heterocycles. The maximum Gasteiger partial charge on any atom is 0.283 e. The molecule has 7 heteroatoms. The summed E-state index contributed by atoms with van der Waals surface area (Å²) in [6.45, 7) is 6.00. The van der Waals surface area contributed by atoms with E-state index in [1.165, 1.54) is 17.8 Å². The quantitative estimate of drug-likeness (QED) is 0.450. The van der Waals surface area contributed by atoms with Gasteiger partial charge in [0.1, 0.15) is 0 Å². The monoisotopic (exact) mass is 359 g/mol. The predicted molar refractivity (Wildman–Crippen MR) is 103 cm³/mol. The molecule has 0 bridgehead atoms. The summed E-state index contributed by atoms with van der Waals surface area (Å²) in [7, 11) is 0. The maximum atomic E-state index is 12.4. The Morgan fingerprint density at radius 1 is 1.16 bits per heavy atom. The van der Waals surface area contributed by atoms with Crippen molar-refractivity contribution in [3.05, 3.63) is 58.1 Å². The molecule has 132 valence electrons. The molecule has 0 atom stereocenters. The van der Waals surface area contributed by atoms with Crippen molar-refractivity contribution in [2.24, 2.45) is 0 Å². The number of thioether (sulfide) groups is 1. The van der Waals surface area contributed by atoms with E-state index in [1.54, 1.807) is 18.4 Å². The average Bonchev–Trinajstić information content (AvgIpc) is 2.63. The smallest absolute Gasteiger partial charge is 0.283 e. The first kappa shape index (κ1) is 18.8. The Hall–Kier alpha value is -2.54. The maximum absolute atomic E-state index is 12.4. The van der Waals surface area contributed by atoms with Crippen molar-refractivity contribution in [3.8, 4) is 0 Å². The Morgan fingerprint density at radius 2 is 1.80 bits per heavy atom. The van der Waals surface area contributed by atoms with Crippen LogP contribution in [-0.2, 0) is 0 Å².